The van der Waals surface area contributed by atoms with Crippen LogP contribution in [0.1, 0.15) is 15.9 Å². The first-order valence-electron chi connectivity index (χ1n) is 6.40. The first-order valence-corrected chi connectivity index (χ1v) is 7.54. The zero-order valence-corrected chi connectivity index (χ0v) is 14.0. The molecule has 1 heterocycles. The molecule has 2 aromatic rings. The monoisotopic (exact) mass is 370 g/mol. The molecule has 0 fully saturated rings. The van der Waals surface area contributed by atoms with Gasteiger partial charge in [0.1, 0.15) is 0 Å². The van der Waals surface area contributed by atoms with E-state index >= 15 is 0 Å². The number of halogens is 3. The summed E-state index contributed by atoms with van der Waals surface area (Å²) in [6.07, 6.45) is 1.49. The Bertz CT molecular complexity index is 859. The lowest BCUT2D eigenvalue weighted by Gasteiger charge is -2.07. The van der Waals surface area contributed by atoms with E-state index in [0.717, 1.165) is 0 Å². The number of aromatic hydroxyl groups is 1. The van der Waals surface area contributed by atoms with Crippen molar-refractivity contribution in [1.29, 1.82) is 0 Å². The van der Waals surface area contributed by atoms with Crippen molar-refractivity contribution in [2.24, 2.45) is 0 Å². The zero-order valence-electron chi connectivity index (χ0n) is 11.7. The summed E-state index contributed by atoms with van der Waals surface area (Å²) in [5.74, 6) is 0.0196. The number of methoxy groups -OCH3 is 1. The van der Waals surface area contributed by atoms with Crippen LogP contribution in [0, 0.1) is 0 Å². The molecule has 0 amide bonds. The van der Waals surface area contributed by atoms with Crippen molar-refractivity contribution in [3.05, 3.63) is 56.2 Å². The number of phenols is 1. The summed E-state index contributed by atoms with van der Waals surface area (Å²) in [6, 6.07) is 6.01. The molecule has 0 radical (unpaired) electrons. The molecule has 0 saturated carbocycles. The molecule has 1 aliphatic rings. The third-order valence-corrected chi connectivity index (χ3v) is 4.04. The van der Waals surface area contributed by atoms with E-state index in [0.29, 0.717) is 16.1 Å². The molecule has 4 nitrogen and oxygen atoms in total. The van der Waals surface area contributed by atoms with Gasteiger partial charge in [0.25, 0.3) is 0 Å². The quantitative estimate of drug-likeness (QED) is 0.757. The van der Waals surface area contributed by atoms with Gasteiger partial charge >= 0.3 is 0 Å². The van der Waals surface area contributed by atoms with Gasteiger partial charge in [-0.15, -0.1) is 0 Å². The maximum Gasteiger partial charge on any atom is 0.232 e. The van der Waals surface area contributed by atoms with E-state index in [9.17, 15) is 9.90 Å². The number of ether oxygens (including phenoxy) is 2. The Labute approximate surface area is 146 Å². The van der Waals surface area contributed by atoms with E-state index in [1.807, 2.05) is 0 Å². The van der Waals surface area contributed by atoms with Crippen LogP contribution in [-0.2, 0) is 0 Å². The van der Waals surface area contributed by atoms with Crippen molar-refractivity contribution >= 4 is 46.7 Å². The summed E-state index contributed by atoms with van der Waals surface area (Å²) in [6.45, 7) is 0. The van der Waals surface area contributed by atoms with Gasteiger partial charge in [-0.3, -0.25) is 4.79 Å². The molecule has 7 heteroatoms. The summed E-state index contributed by atoms with van der Waals surface area (Å²) in [5, 5.41) is 10.4. The normalized spacial score (nSPS) is 14.8. The fourth-order valence-electron chi connectivity index (χ4n) is 2.20. The number of benzene rings is 2. The number of carbonyl (C=O) groups is 1. The molecule has 0 aromatic heterocycles. The van der Waals surface area contributed by atoms with Crippen LogP contribution in [0.4, 0.5) is 0 Å². The minimum Gasteiger partial charge on any atom is -0.503 e. The molecule has 2 aromatic carbocycles. The average molecular weight is 372 g/mol. The Hall–Kier alpha value is -1.88. The summed E-state index contributed by atoms with van der Waals surface area (Å²) in [4.78, 5) is 12.4. The second-order valence-electron chi connectivity index (χ2n) is 4.76. The largest absolute Gasteiger partial charge is 0.503 e. The third kappa shape index (κ3) is 2.85. The molecule has 0 spiro atoms. The second kappa shape index (κ2) is 5.96. The first-order chi connectivity index (χ1) is 10.9. The third-order valence-electron chi connectivity index (χ3n) is 3.26. The number of ketones is 1. The van der Waals surface area contributed by atoms with Gasteiger partial charge in [0.15, 0.2) is 23.0 Å². The molecule has 23 heavy (non-hydrogen) atoms. The van der Waals surface area contributed by atoms with E-state index in [2.05, 4.69) is 0 Å². The standard InChI is InChI=1S/C16H9Cl3O4/c1-22-12-3-7(2-10(18)15(12)21)4-13-14(20)9-5-8(17)6-11(19)16(9)23-13/h2-6,21H,1H3/b13-4-. The van der Waals surface area contributed by atoms with E-state index in [-0.39, 0.29) is 38.8 Å². The Morgan fingerprint density at radius 1 is 1.13 bits per heavy atom. The van der Waals surface area contributed by atoms with Crippen molar-refractivity contribution < 1.29 is 19.4 Å². The van der Waals surface area contributed by atoms with Gasteiger partial charge < -0.3 is 14.6 Å². The molecule has 0 unspecified atom stereocenters. The molecule has 0 atom stereocenters. The highest BCUT2D eigenvalue weighted by Gasteiger charge is 2.30. The Balaban J connectivity index is 2.05. The fraction of sp³-hybridized carbons (Fsp3) is 0.0625. The topological polar surface area (TPSA) is 55.8 Å². The van der Waals surface area contributed by atoms with Crippen LogP contribution in [0.25, 0.3) is 6.08 Å². The van der Waals surface area contributed by atoms with E-state index in [4.69, 9.17) is 44.3 Å². The van der Waals surface area contributed by atoms with Gasteiger partial charge in [-0.2, -0.15) is 0 Å². The average Bonchev–Trinajstić information content (AvgIpc) is 2.80. The van der Waals surface area contributed by atoms with Gasteiger partial charge in [0.05, 0.1) is 22.7 Å². The molecule has 0 bridgehead atoms. The van der Waals surface area contributed by atoms with Gasteiger partial charge in [-0.05, 0) is 35.9 Å². The van der Waals surface area contributed by atoms with Crippen LogP contribution in [-0.4, -0.2) is 18.0 Å². The second-order valence-corrected chi connectivity index (χ2v) is 6.01. The Morgan fingerprint density at radius 2 is 1.87 bits per heavy atom. The molecule has 1 aliphatic heterocycles. The maximum atomic E-state index is 12.4. The van der Waals surface area contributed by atoms with Crippen LogP contribution in [0.3, 0.4) is 0 Å². The number of hydrogen-bond donors (Lipinski definition) is 1. The lowest BCUT2D eigenvalue weighted by molar-refractivity contribution is 0.101. The van der Waals surface area contributed by atoms with E-state index in [1.165, 1.54) is 37.5 Å². The number of phenolic OH excluding ortho intramolecular Hbond substituents is 1. The Kier molecular flexibility index (Phi) is 4.15. The lowest BCUT2D eigenvalue weighted by Crippen LogP contribution is -1.98. The van der Waals surface area contributed by atoms with Crippen LogP contribution in [0.2, 0.25) is 15.1 Å². The van der Waals surface area contributed by atoms with E-state index < -0.39 is 0 Å². The minimum absolute atomic E-state index is 0.0768. The summed E-state index contributed by atoms with van der Waals surface area (Å²) in [7, 11) is 1.40. The summed E-state index contributed by atoms with van der Waals surface area (Å²) >= 11 is 17.9. The molecule has 0 aliphatic carbocycles. The molecule has 1 N–H and O–H groups in total. The predicted octanol–water partition coefficient (Wildman–Crippen LogP) is 4.98. The number of rotatable bonds is 2. The smallest absolute Gasteiger partial charge is 0.232 e. The predicted molar refractivity (Wildman–Crippen MR) is 89.1 cm³/mol. The van der Waals surface area contributed by atoms with Crippen LogP contribution in [0.5, 0.6) is 17.2 Å². The molecular formula is C16H9Cl3O4. The zero-order chi connectivity index (χ0) is 16.7. The highest BCUT2D eigenvalue weighted by Crippen LogP contribution is 2.41. The minimum atomic E-state index is -0.340. The number of fused-ring (bicyclic) bond motifs is 1. The summed E-state index contributed by atoms with van der Waals surface area (Å²) in [5.41, 5.74) is 0.827. The van der Waals surface area contributed by atoms with E-state index in [1.54, 1.807) is 0 Å². The van der Waals surface area contributed by atoms with Crippen LogP contribution < -0.4 is 9.47 Å². The maximum absolute atomic E-state index is 12.4. The van der Waals surface area contributed by atoms with Gasteiger partial charge in [0.2, 0.25) is 5.78 Å². The number of carbonyl (C=O) groups excluding carboxylic acids is 1. The summed E-state index contributed by atoms with van der Waals surface area (Å²) < 4.78 is 10.6. The van der Waals surface area contributed by atoms with Gasteiger partial charge in [0, 0.05) is 5.02 Å². The molecule has 118 valence electrons. The first kappa shape index (κ1) is 16.0. The van der Waals surface area contributed by atoms with Crippen molar-refractivity contribution in [1.82, 2.24) is 0 Å². The number of hydrogen-bond acceptors (Lipinski definition) is 4. The van der Waals surface area contributed by atoms with Gasteiger partial charge in [-0.1, -0.05) is 34.8 Å². The number of Topliss-reactive ketones (excluding diaryl/α,β-unsaturated/α-hetero) is 1. The van der Waals surface area contributed by atoms with Crippen molar-refractivity contribution in [3.63, 3.8) is 0 Å². The highest BCUT2D eigenvalue weighted by molar-refractivity contribution is 6.37. The highest BCUT2D eigenvalue weighted by atomic mass is 35.5. The SMILES string of the molecule is COc1cc(/C=C2\Oc3c(Cl)cc(Cl)cc3C2=O)cc(Cl)c1O. The number of allylic oxidation sites excluding steroid dienone is 1. The van der Waals surface area contributed by atoms with Crippen molar-refractivity contribution in [2.75, 3.05) is 7.11 Å². The van der Waals surface area contributed by atoms with Crippen molar-refractivity contribution in [2.45, 2.75) is 0 Å². The van der Waals surface area contributed by atoms with Crippen molar-refractivity contribution in [3.8, 4) is 17.2 Å². The van der Waals surface area contributed by atoms with Crippen LogP contribution >= 0.6 is 34.8 Å². The molecule has 3 rings (SSSR count). The fourth-order valence-corrected chi connectivity index (χ4v) is 2.95. The van der Waals surface area contributed by atoms with Crippen LogP contribution in [0.15, 0.2) is 30.0 Å². The molecule has 0 saturated heterocycles. The Morgan fingerprint density at radius 3 is 2.57 bits per heavy atom. The lowest BCUT2D eigenvalue weighted by atomic mass is 10.1. The van der Waals surface area contributed by atoms with Gasteiger partial charge in [-0.25, -0.2) is 0 Å². The molecular weight excluding hydrogens is 363 g/mol.